The molecule has 2 aromatic rings. The van der Waals surface area contributed by atoms with E-state index in [1.807, 2.05) is 0 Å². The maximum absolute atomic E-state index is 13.5. The lowest BCUT2D eigenvalue weighted by Gasteiger charge is -2.11. The summed E-state index contributed by atoms with van der Waals surface area (Å²) in [7, 11) is -3.64. The van der Waals surface area contributed by atoms with Crippen LogP contribution in [0, 0.1) is 5.82 Å². The lowest BCUT2D eigenvalue weighted by molar-refractivity contribution is 0.0950. The Morgan fingerprint density at radius 1 is 1.21 bits per heavy atom. The van der Waals surface area contributed by atoms with Gasteiger partial charge in [0.1, 0.15) is 0 Å². The van der Waals surface area contributed by atoms with Crippen LogP contribution in [0.5, 0.6) is 5.75 Å². The topological polar surface area (TPSA) is 84.5 Å². The molecule has 150 valence electrons. The van der Waals surface area contributed by atoms with E-state index >= 15 is 0 Å². The van der Waals surface area contributed by atoms with Crippen LogP contribution in [0.25, 0.3) is 0 Å². The number of hydrogen-bond acceptors (Lipinski definition) is 4. The van der Waals surface area contributed by atoms with Crippen LogP contribution >= 0.6 is 15.9 Å². The number of halogens is 2. The van der Waals surface area contributed by atoms with Crippen molar-refractivity contribution in [2.75, 3.05) is 13.2 Å². The molecule has 1 aliphatic carbocycles. The predicted octanol–water partition coefficient (Wildman–Crippen LogP) is 3.23. The van der Waals surface area contributed by atoms with E-state index in [2.05, 4.69) is 26.0 Å². The Morgan fingerprint density at radius 3 is 2.68 bits per heavy atom. The summed E-state index contributed by atoms with van der Waals surface area (Å²) in [6.07, 6.45) is 2.13. The first-order valence-electron chi connectivity index (χ1n) is 8.84. The zero-order valence-corrected chi connectivity index (χ0v) is 17.4. The highest BCUT2D eigenvalue weighted by Gasteiger charge is 2.28. The van der Waals surface area contributed by atoms with Gasteiger partial charge in [-0.15, -0.1) is 0 Å². The molecule has 0 aliphatic heterocycles. The molecule has 0 heterocycles. The van der Waals surface area contributed by atoms with Crippen LogP contribution in [0.3, 0.4) is 0 Å². The molecular weight excluding hydrogens is 451 g/mol. The molecule has 6 nitrogen and oxygen atoms in total. The van der Waals surface area contributed by atoms with Gasteiger partial charge in [-0.1, -0.05) is 12.1 Å². The number of para-hydroxylation sites is 1. The fraction of sp³-hybridized carbons (Fsp3) is 0.316. The minimum atomic E-state index is -3.64. The fourth-order valence-electron chi connectivity index (χ4n) is 2.45. The smallest absolute Gasteiger partial charge is 0.252 e. The van der Waals surface area contributed by atoms with E-state index in [0.29, 0.717) is 17.4 Å². The number of nitrogens with one attached hydrogen (secondary N) is 2. The third-order valence-electron chi connectivity index (χ3n) is 4.09. The second kappa shape index (κ2) is 9.02. The minimum absolute atomic E-state index is 0.0135. The largest absolute Gasteiger partial charge is 0.490 e. The maximum atomic E-state index is 13.5. The van der Waals surface area contributed by atoms with E-state index in [-0.39, 0.29) is 28.9 Å². The Labute approximate surface area is 171 Å². The van der Waals surface area contributed by atoms with Gasteiger partial charge in [-0.05, 0) is 65.5 Å². The maximum Gasteiger partial charge on any atom is 0.252 e. The van der Waals surface area contributed by atoms with Crippen LogP contribution in [-0.4, -0.2) is 33.5 Å². The van der Waals surface area contributed by atoms with Crippen molar-refractivity contribution in [3.8, 4) is 5.75 Å². The number of hydrogen-bond donors (Lipinski definition) is 2. The predicted molar refractivity (Wildman–Crippen MR) is 106 cm³/mol. The molecule has 0 atom stereocenters. The zero-order valence-electron chi connectivity index (χ0n) is 15.0. The third-order valence-corrected chi connectivity index (χ3v) is 6.30. The fourth-order valence-corrected chi connectivity index (χ4v) is 4.20. The first-order valence-corrected chi connectivity index (χ1v) is 11.1. The summed E-state index contributed by atoms with van der Waals surface area (Å²) >= 11 is 3.28. The second-order valence-electron chi connectivity index (χ2n) is 6.43. The average molecular weight is 471 g/mol. The number of sulfonamides is 1. The molecular formula is C19H20BrFN2O4S. The van der Waals surface area contributed by atoms with Gasteiger partial charge in [-0.2, -0.15) is 0 Å². The highest BCUT2D eigenvalue weighted by molar-refractivity contribution is 9.10. The SMILES string of the molecule is O=C(NCCCOc1ccccc1F)c1cc(S(=O)(=O)NC2CC2)ccc1Br. The molecule has 0 unspecified atom stereocenters. The summed E-state index contributed by atoms with van der Waals surface area (Å²) in [6.45, 7) is 0.541. The second-order valence-corrected chi connectivity index (χ2v) is 8.99. The monoisotopic (exact) mass is 470 g/mol. The highest BCUT2D eigenvalue weighted by atomic mass is 79.9. The van der Waals surface area contributed by atoms with Crippen LogP contribution in [-0.2, 0) is 10.0 Å². The molecule has 2 N–H and O–H groups in total. The van der Waals surface area contributed by atoms with Crippen LogP contribution in [0.2, 0.25) is 0 Å². The molecule has 0 spiro atoms. The number of amides is 1. The molecule has 0 radical (unpaired) electrons. The summed E-state index contributed by atoms with van der Waals surface area (Å²) in [5.74, 6) is -0.674. The number of carbonyl (C=O) groups is 1. The third kappa shape index (κ3) is 5.52. The van der Waals surface area contributed by atoms with E-state index in [4.69, 9.17) is 4.74 Å². The van der Waals surface area contributed by atoms with Gasteiger partial charge in [0.15, 0.2) is 11.6 Å². The number of carbonyl (C=O) groups excluding carboxylic acids is 1. The summed E-state index contributed by atoms with van der Waals surface area (Å²) < 4.78 is 46.5. The van der Waals surface area contributed by atoms with Crippen LogP contribution in [0.4, 0.5) is 4.39 Å². The molecule has 9 heteroatoms. The quantitative estimate of drug-likeness (QED) is 0.551. The van der Waals surface area contributed by atoms with Crippen molar-refractivity contribution < 1.29 is 22.3 Å². The normalized spacial score (nSPS) is 13.9. The van der Waals surface area contributed by atoms with Crippen LogP contribution in [0.1, 0.15) is 29.6 Å². The molecule has 3 rings (SSSR count). The van der Waals surface area contributed by atoms with Gasteiger partial charge in [0.05, 0.1) is 17.1 Å². The van der Waals surface area contributed by atoms with Crippen LogP contribution < -0.4 is 14.8 Å². The van der Waals surface area contributed by atoms with Crippen molar-refractivity contribution in [3.63, 3.8) is 0 Å². The Bertz CT molecular complexity index is 964. The van der Waals surface area contributed by atoms with Gasteiger partial charge in [-0.3, -0.25) is 4.79 Å². The summed E-state index contributed by atoms with van der Waals surface area (Å²) in [5, 5.41) is 2.71. The number of benzene rings is 2. The van der Waals surface area contributed by atoms with Gasteiger partial charge in [0.25, 0.3) is 5.91 Å². The summed E-state index contributed by atoms with van der Waals surface area (Å²) in [4.78, 5) is 12.5. The first-order chi connectivity index (χ1) is 13.4. The van der Waals surface area contributed by atoms with E-state index in [9.17, 15) is 17.6 Å². The lowest BCUT2D eigenvalue weighted by Crippen LogP contribution is -2.28. The number of ether oxygens (including phenoxy) is 1. The average Bonchev–Trinajstić information content (AvgIpc) is 3.46. The molecule has 2 aromatic carbocycles. The van der Waals surface area contributed by atoms with E-state index < -0.39 is 21.7 Å². The highest BCUT2D eigenvalue weighted by Crippen LogP contribution is 2.25. The van der Waals surface area contributed by atoms with Crippen LogP contribution in [0.15, 0.2) is 51.8 Å². The molecule has 0 bridgehead atoms. The molecule has 0 saturated heterocycles. The minimum Gasteiger partial charge on any atom is -0.490 e. The van der Waals surface area contributed by atoms with Crippen molar-refractivity contribution in [1.29, 1.82) is 0 Å². The van der Waals surface area contributed by atoms with Gasteiger partial charge in [0, 0.05) is 17.1 Å². The van der Waals surface area contributed by atoms with E-state index in [0.717, 1.165) is 12.8 Å². The Hall–Kier alpha value is -1.97. The zero-order chi connectivity index (χ0) is 20.1. The van der Waals surface area contributed by atoms with Crippen molar-refractivity contribution in [2.24, 2.45) is 0 Å². The van der Waals surface area contributed by atoms with Crippen molar-refractivity contribution in [1.82, 2.24) is 10.0 Å². The van der Waals surface area contributed by atoms with E-state index in [1.165, 1.54) is 30.3 Å². The molecule has 28 heavy (non-hydrogen) atoms. The van der Waals surface area contributed by atoms with Crippen molar-refractivity contribution in [3.05, 3.63) is 58.3 Å². The van der Waals surface area contributed by atoms with Gasteiger partial charge in [-0.25, -0.2) is 17.5 Å². The molecule has 0 aromatic heterocycles. The molecule has 1 saturated carbocycles. The molecule has 1 fully saturated rings. The number of rotatable bonds is 9. The standard InChI is InChI=1S/C19H20BrFN2O4S/c20-16-9-8-14(28(25,26)23-13-6-7-13)12-15(16)19(24)22-10-3-11-27-18-5-2-1-4-17(18)21/h1-2,4-5,8-9,12-13,23H,3,6-7,10-11H2,(H,22,24). The lowest BCUT2D eigenvalue weighted by atomic mass is 10.2. The Morgan fingerprint density at radius 2 is 1.96 bits per heavy atom. The Balaban J connectivity index is 1.53. The molecule has 1 amide bonds. The van der Waals surface area contributed by atoms with Crippen molar-refractivity contribution in [2.45, 2.75) is 30.2 Å². The summed E-state index contributed by atoms with van der Waals surface area (Å²) in [5.41, 5.74) is 0.230. The molecule has 1 aliphatic rings. The van der Waals surface area contributed by atoms with Crippen molar-refractivity contribution >= 4 is 31.9 Å². The summed E-state index contributed by atoms with van der Waals surface area (Å²) in [6, 6.07) is 10.4. The van der Waals surface area contributed by atoms with Gasteiger partial charge in [0.2, 0.25) is 10.0 Å². The van der Waals surface area contributed by atoms with Gasteiger partial charge >= 0.3 is 0 Å². The first kappa shape index (κ1) is 20.8. The van der Waals surface area contributed by atoms with Gasteiger partial charge < -0.3 is 10.1 Å². The van der Waals surface area contributed by atoms with E-state index in [1.54, 1.807) is 12.1 Å². The Kier molecular flexibility index (Phi) is 6.69.